The Labute approximate surface area is 146 Å². The molecule has 0 aromatic carbocycles. The molecule has 0 radical (unpaired) electrons. The molecule has 3 heterocycles. The first kappa shape index (κ1) is 16.4. The third-order valence-electron chi connectivity index (χ3n) is 3.34. The highest BCUT2D eigenvalue weighted by molar-refractivity contribution is 7.99. The molecule has 0 bridgehead atoms. The molecule has 4 nitrogen and oxygen atoms in total. The zero-order valence-electron chi connectivity index (χ0n) is 13.1. The van der Waals surface area contributed by atoms with E-state index in [1.165, 1.54) is 37.2 Å². The molecule has 0 fully saturated rings. The Bertz CT molecular complexity index is 854. The number of nitrogens with zero attached hydrogens (tertiary/aromatic N) is 2. The van der Waals surface area contributed by atoms with Crippen molar-refractivity contribution in [1.29, 1.82) is 0 Å². The molecule has 0 saturated heterocycles. The number of esters is 1. The van der Waals surface area contributed by atoms with Gasteiger partial charge in [0.05, 0.1) is 26.9 Å². The number of aromatic nitrogens is 2. The van der Waals surface area contributed by atoms with Crippen LogP contribution < -0.4 is 0 Å². The molecular formula is C16H16N2O2S3. The van der Waals surface area contributed by atoms with E-state index in [2.05, 4.69) is 29.2 Å². The van der Waals surface area contributed by atoms with Crippen molar-refractivity contribution in [1.82, 2.24) is 9.97 Å². The second-order valence-electron chi connectivity index (χ2n) is 4.96. The van der Waals surface area contributed by atoms with E-state index in [1.54, 1.807) is 35.8 Å². The monoisotopic (exact) mass is 364 g/mol. The maximum absolute atomic E-state index is 11.5. The van der Waals surface area contributed by atoms with E-state index >= 15 is 0 Å². The number of thiophene rings is 2. The van der Waals surface area contributed by atoms with E-state index < -0.39 is 0 Å². The van der Waals surface area contributed by atoms with Crippen LogP contribution in [0, 0.1) is 13.8 Å². The van der Waals surface area contributed by atoms with Crippen molar-refractivity contribution in [3.05, 3.63) is 28.8 Å². The minimum Gasteiger partial charge on any atom is -0.465 e. The number of hydrogen-bond acceptors (Lipinski definition) is 7. The van der Waals surface area contributed by atoms with Crippen molar-refractivity contribution in [3.63, 3.8) is 0 Å². The van der Waals surface area contributed by atoms with Gasteiger partial charge in [-0.05, 0) is 43.3 Å². The Kier molecular flexibility index (Phi) is 4.99. The van der Waals surface area contributed by atoms with Crippen LogP contribution in [0.25, 0.3) is 20.0 Å². The van der Waals surface area contributed by atoms with Crippen LogP contribution in [0.15, 0.2) is 22.8 Å². The van der Waals surface area contributed by atoms with Crippen molar-refractivity contribution in [2.75, 3.05) is 12.4 Å². The normalized spacial score (nSPS) is 11.1. The predicted molar refractivity (Wildman–Crippen MR) is 97.6 cm³/mol. The van der Waals surface area contributed by atoms with Crippen LogP contribution in [0.3, 0.4) is 0 Å². The Hall–Kier alpha value is -1.44. The SMILES string of the molecule is CCOC(=O)CSc1nccc(-c2sc3scc(C)c3c2C)n1. The van der Waals surface area contributed by atoms with Crippen LogP contribution in [0.5, 0.6) is 0 Å². The fourth-order valence-corrected chi connectivity index (χ4v) is 5.46. The maximum Gasteiger partial charge on any atom is 0.316 e. The second kappa shape index (κ2) is 6.98. The van der Waals surface area contributed by atoms with Gasteiger partial charge >= 0.3 is 5.97 Å². The number of hydrogen-bond donors (Lipinski definition) is 0. The van der Waals surface area contributed by atoms with Gasteiger partial charge < -0.3 is 4.74 Å². The molecule has 7 heteroatoms. The van der Waals surface area contributed by atoms with Crippen LogP contribution >= 0.6 is 34.4 Å². The number of rotatable bonds is 5. The third kappa shape index (κ3) is 3.41. The van der Waals surface area contributed by atoms with E-state index in [0.717, 1.165) is 5.69 Å². The first-order valence-electron chi connectivity index (χ1n) is 7.19. The topological polar surface area (TPSA) is 52.1 Å². The van der Waals surface area contributed by atoms with Crippen LogP contribution in [-0.4, -0.2) is 28.3 Å². The van der Waals surface area contributed by atoms with Crippen molar-refractivity contribution in [2.24, 2.45) is 0 Å². The predicted octanol–water partition coefficient (Wildman–Crippen LogP) is 4.69. The minimum absolute atomic E-state index is 0.231. The van der Waals surface area contributed by atoms with Gasteiger partial charge in [0.1, 0.15) is 0 Å². The lowest BCUT2D eigenvalue weighted by atomic mass is 10.1. The Balaban J connectivity index is 1.86. The quantitative estimate of drug-likeness (QED) is 0.373. The zero-order chi connectivity index (χ0) is 16.4. The summed E-state index contributed by atoms with van der Waals surface area (Å²) in [6.45, 7) is 6.47. The fourth-order valence-electron chi connectivity index (χ4n) is 2.33. The van der Waals surface area contributed by atoms with Gasteiger partial charge in [0.2, 0.25) is 0 Å². The highest BCUT2D eigenvalue weighted by Gasteiger charge is 2.15. The Morgan fingerprint density at radius 1 is 1.39 bits per heavy atom. The molecule has 0 aliphatic rings. The lowest BCUT2D eigenvalue weighted by molar-refractivity contribution is -0.139. The molecule has 3 aromatic rings. The summed E-state index contributed by atoms with van der Waals surface area (Å²) in [6.07, 6.45) is 1.75. The molecule has 3 rings (SSSR count). The van der Waals surface area contributed by atoms with Crippen molar-refractivity contribution >= 4 is 49.8 Å². The second-order valence-corrected chi connectivity index (χ2v) is 8.06. The molecule has 0 atom stereocenters. The van der Waals surface area contributed by atoms with E-state index in [4.69, 9.17) is 4.74 Å². The Morgan fingerprint density at radius 3 is 2.96 bits per heavy atom. The number of thioether (sulfide) groups is 1. The molecular weight excluding hydrogens is 348 g/mol. The first-order valence-corrected chi connectivity index (χ1v) is 9.87. The Morgan fingerprint density at radius 2 is 2.22 bits per heavy atom. The van der Waals surface area contributed by atoms with Gasteiger partial charge in [-0.3, -0.25) is 4.79 Å². The highest BCUT2D eigenvalue weighted by atomic mass is 32.2. The van der Waals surface area contributed by atoms with Crippen molar-refractivity contribution in [2.45, 2.75) is 25.9 Å². The third-order valence-corrected chi connectivity index (χ3v) is 6.71. The summed E-state index contributed by atoms with van der Waals surface area (Å²) in [5, 5.41) is 4.14. The number of carbonyl (C=O) groups excluding carboxylic acids is 1. The van der Waals surface area contributed by atoms with Gasteiger partial charge in [-0.2, -0.15) is 0 Å². The van der Waals surface area contributed by atoms with Gasteiger partial charge in [0, 0.05) is 11.6 Å². The van der Waals surface area contributed by atoms with Gasteiger partial charge in [-0.15, -0.1) is 22.7 Å². The number of fused-ring (bicyclic) bond motifs is 1. The highest BCUT2D eigenvalue weighted by Crippen LogP contribution is 2.42. The van der Waals surface area contributed by atoms with Gasteiger partial charge in [-0.1, -0.05) is 11.8 Å². The van der Waals surface area contributed by atoms with E-state index in [-0.39, 0.29) is 11.7 Å². The standard InChI is InChI=1S/C16H16N2O2S3/c1-4-20-12(19)8-22-16-17-6-5-11(18-16)14-10(3)13-9(2)7-21-15(13)23-14/h5-7H,4,8H2,1-3H3. The average molecular weight is 365 g/mol. The minimum atomic E-state index is -0.241. The van der Waals surface area contributed by atoms with E-state index in [9.17, 15) is 4.79 Å². The largest absolute Gasteiger partial charge is 0.465 e. The number of ether oxygens (including phenoxy) is 1. The molecule has 0 amide bonds. The summed E-state index contributed by atoms with van der Waals surface area (Å²) >= 11 is 4.85. The molecule has 120 valence electrons. The average Bonchev–Trinajstić information content (AvgIpc) is 3.07. The molecule has 0 aliphatic heterocycles. The molecule has 0 N–H and O–H groups in total. The van der Waals surface area contributed by atoms with E-state index in [0.29, 0.717) is 11.8 Å². The molecule has 0 saturated carbocycles. The summed E-state index contributed by atoms with van der Waals surface area (Å²) in [7, 11) is 0. The molecule has 23 heavy (non-hydrogen) atoms. The van der Waals surface area contributed by atoms with Crippen LogP contribution in [-0.2, 0) is 9.53 Å². The molecule has 0 unspecified atom stereocenters. The van der Waals surface area contributed by atoms with Crippen LogP contribution in [0.1, 0.15) is 18.1 Å². The van der Waals surface area contributed by atoms with Crippen LogP contribution in [0.2, 0.25) is 0 Å². The van der Waals surface area contributed by atoms with Crippen molar-refractivity contribution < 1.29 is 9.53 Å². The maximum atomic E-state index is 11.5. The summed E-state index contributed by atoms with van der Waals surface area (Å²) in [6, 6.07) is 1.92. The number of carbonyl (C=O) groups is 1. The van der Waals surface area contributed by atoms with Crippen molar-refractivity contribution in [3.8, 4) is 10.6 Å². The first-order chi connectivity index (χ1) is 11.1. The summed E-state index contributed by atoms with van der Waals surface area (Å²) in [4.78, 5) is 21.5. The molecule has 3 aromatic heterocycles. The molecule has 0 aliphatic carbocycles. The lowest BCUT2D eigenvalue weighted by Crippen LogP contribution is -2.07. The zero-order valence-corrected chi connectivity index (χ0v) is 15.5. The molecule has 0 spiro atoms. The van der Waals surface area contributed by atoms with E-state index in [1.807, 2.05) is 6.07 Å². The smallest absolute Gasteiger partial charge is 0.316 e. The summed E-state index contributed by atoms with van der Waals surface area (Å²) in [5.41, 5.74) is 3.50. The lowest BCUT2D eigenvalue weighted by Gasteiger charge is -2.03. The van der Waals surface area contributed by atoms with Gasteiger partial charge in [-0.25, -0.2) is 9.97 Å². The fraction of sp³-hybridized carbons (Fsp3) is 0.312. The van der Waals surface area contributed by atoms with Crippen LogP contribution in [0.4, 0.5) is 0 Å². The van der Waals surface area contributed by atoms with Gasteiger partial charge in [0.15, 0.2) is 5.16 Å². The number of aryl methyl sites for hydroxylation is 2. The summed E-state index contributed by atoms with van der Waals surface area (Å²) in [5.74, 6) is -0.00973. The summed E-state index contributed by atoms with van der Waals surface area (Å²) < 4.78 is 6.26. The van der Waals surface area contributed by atoms with Gasteiger partial charge in [0.25, 0.3) is 0 Å².